The lowest BCUT2D eigenvalue weighted by Crippen LogP contribution is -2.36. The molecule has 0 radical (unpaired) electrons. The van der Waals surface area contributed by atoms with Gasteiger partial charge in [0.1, 0.15) is 6.54 Å². The SMILES string of the molecule is CN(C)c1ccc2cc3ccc(N(C)C)cc3[n+](CCCCCC(=O)O)c2c1. The largest absolute Gasteiger partial charge is 0.481 e. The Balaban J connectivity index is 2.07. The summed E-state index contributed by atoms with van der Waals surface area (Å²) >= 11 is 0. The summed E-state index contributed by atoms with van der Waals surface area (Å²) in [5, 5.41) is 11.3. The van der Waals surface area contributed by atoms with Crippen molar-refractivity contribution in [1.82, 2.24) is 0 Å². The number of carboxylic acid groups (broad SMARTS) is 1. The predicted octanol–water partition coefficient (Wildman–Crippen LogP) is 4.06. The number of aliphatic carboxylic acids is 1. The first kappa shape index (κ1) is 19.9. The summed E-state index contributed by atoms with van der Waals surface area (Å²) in [5.74, 6) is -0.713. The average molecular weight is 381 g/mol. The Kier molecular flexibility index (Phi) is 6.02. The third-order valence-electron chi connectivity index (χ3n) is 5.23. The van der Waals surface area contributed by atoms with Crippen LogP contribution in [-0.4, -0.2) is 39.3 Å². The summed E-state index contributed by atoms with van der Waals surface area (Å²) in [6.45, 7) is 0.876. The summed E-state index contributed by atoms with van der Waals surface area (Å²) < 4.78 is 2.39. The van der Waals surface area contributed by atoms with Gasteiger partial charge in [-0.2, -0.15) is 4.57 Å². The number of unbranched alkanes of at least 4 members (excludes halogenated alkanes) is 2. The van der Waals surface area contributed by atoms with Gasteiger partial charge in [-0.3, -0.25) is 4.79 Å². The van der Waals surface area contributed by atoms with Gasteiger partial charge in [0.2, 0.25) is 11.0 Å². The van der Waals surface area contributed by atoms with Crippen molar-refractivity contribution < 1.29 is 14.5 Å². The summed E-state index contributed by atoms with van der Waals surface area (Å²) in [7, 11) is 8.23. The molecule has 0 amide bonds. The third-order valence-corrected chi connectivity index (χ3v) is 5.23. The molecule has 0 saturated carbocycles. The quantitative estimate of drug-likeness (QED) is 0.364. The van der Waals surface area contributed by atoms with E-state index in [-0.39, 0.29) is 6.42 Å². The summed E-state index contributed by atoms with van der Waals surface area (Å²) in [4.78, 5) is 15.0. The molecular weight excluding hydrogens is 350 g/mol. The first-order valence-corrected chi connectivity index (χ1v) is 9.83. The van der Waals surface area contributed by atoms with Crippen molar-refractivity contribution in [3.8, 4) is 0 Å². The van der Waals surface area contributed by atoms with Gasteiger partial charge in [0, 0.05) is 75.3 Å². The van der Waals surface area contributed by atoms with E-state index in [1.54, 1.807) is 0 Å². The molecule has 0 aliphatic heterocycles. The average Bonchev–Trinajstić information content (AvgIpc) is 2.65. The monoisotopic (exact) mass is 380 g/mol. The topological polar surface area (TPSA) is 47.7 Å². The van der Waals surface area contributed by atoms with Crippen LogP contribution in [0.1, 0.15) is 25.7 Å². The summed E-state index contributed by atoms with van der Waals surface area (Å²) in [6, 6.07) is 15.4. The molecular formula is C23H30N3O2+. The van der Waals surface area contributed by atoms with Crippen LogP contribution < -0.4 is 14.4 Å². The molecule has 0 atom stereocenters. The van der Waals surface area contributed by atoms with Gasteiger partial charge < -0.3 is 14.9 Å². The molecule has 5 heteroatoms. The molecule has 3 rings (SSSR count). The van der Waals surface area contributed by atoms with Crippen molar-refractivity contribution in [3.63, 3.8) is 0 Å². The van der Waals surface area contributed by atoms with Gasteiger partial charge in [-0.15, -0.1) is 0 Å². The number of anilines is 2. The molecule has 0 bridgehead atoms. The molecule has 0 aliphatic rings. The highest BCUT2D eigenvalue weighted by Gasteiger charge is 2.17. The molecule has 148 valence electrons. The van der Waals surface area contributed by atoms with Gasteiger partial charge in [0.05, 0.1) is 0 Å². The molecule has 0 aliphatic carbocycles. The van der Waals surface area contributed by atoms with Gasteiger partial charge in [0.15, 0.2) is 0 Å². The van der Waals surface area contributed by atoms with Crippen LogP contribution in [0.5, 0.6) is 0 Å². The van der Waals surface area contributed by atoms with Gasteiger partial charge in [-0.25, -0.2) is 0 Å². The summed E-state index contributed by atoms with van der Waals surface area (Å²) in [5.41, 5.74) is 4.78. The molecule has 3 aromatic rings. The van der Waals surface area contributed by atoms with E-state index in [4.69, 9.17) is 5.11 Å². The highest BCUT2D eigenvalue weighted by Crippen LogP contribution is 2.25. The molecule has 2 aromatic carbocycles. The Morgan fingerprint density at radius 3 is 1.82 bits per heavy atom. The van der Waals surface area contributed by atoms with Crippen molar-refractivity contribution in [2.75, 3.05) is 38.0 Å². The van der Waals surface area contributed by atoms with Gasteiger partial charge in [0.25, 0.3) is 0 Å². The fourth-order valence-electron chi connectivity index (χ4n) is 3.59. The molecule has 0 fully saturated rings. The molecule has 0 spiro atoms. The molecule has 28 heavy (non-hydrogen) atoms. The van der Waals surface area contributed by atoms with E-state index in [0.29, 0.717) is 0 Å². The number of carbonyl (C=O) groups is 1. The van der Waals surface area contributed by atoms with E-state index in [0.717, 1.165) is 25.8 Å². The number of rotatable bonds is 8. The molecule has 0 saturated heterocycles. The normalized spacial score (nSPS) is 11.1. The lowest BCUT2D eigenvalue weighted by Gasteiger charge is -2.15. The second-order valence-electron chi connectivity index (χ2n) is 7.78. The Morgan fingerprint density at radius 1 is 0.821 bits per heavy atom. The minimum Gasteiger partial charge on any atom is -0.481 e. The van der Waals surface area contributed by atoms with Crippen LogP contribution >= 0.6 is 0 Å². The van der Waals surface area contributed by atoms with E-state index < -0.39 is 5.97 Å². The first-order chi connectivity index (χ1) is 13.4. The second kappa shape index (κ2) is 8.46. The molecule has 1 heterocycles. The zero-order valence-corrected chi connectivity index (χ0v) is 17.3. The molecule has 0 unspecified atom stereocenters. The number of hydrogen-bond acceptors (Lipinski definition) is 3. The van der Waals surface area contributed by atoms with Crippen LogP contribution in [0.15, 0.2) is 42.5 Å². The number of hydrogen-bond donors (Lipinski definition) is 1. The van der Waals surface area contributed by atoms with Crippen molar-refractivity contribution in [2.24, 2.45) is 0 Å². The van der Waals surface area contributed by atoms with Crippen LogP contribution in [0.4, 0.5) is 11.4 Å². The molecule has 1 aromatic heterocycles. The van der Waals surface area contributed by atoms with Crippen LogP contribution in [0, 0.1) is 0 Å². The Hall–Kier alpha value is -2.82. The Morgan fingerprint density at radius 2 is 1.36 bits per heavy atom. The first-order valence-electron chi connectivity index (χ1n) is 9.83. The fraction of sp³-hybridized carbons (Fsp3) is 0.391. The second-order valence-corrected chi connectivity index (χ2v) is 7.78. The number of carboxylic acids is 1. The maximum absolute atomic E-state index is 10.8. The predicted molar refractivity (Wildman–Crippen MR) is 116 cm³/mol. The fourth-order valence-corrected chi connectivity index (χ4v) is 3.59. The van der Waals surface area contributed by atoms with Crippen LogP contribution in [0.2, 0.25) is 0 Å². The zero-order valence-electron chi connectivity index (χ0n) is 17.3. The standard InChI is InChI=1S/C23H29N3O2/c1-24(2)19-11-9-17-14-18-10-12-20(25(3)4)16-22(18)26(21(17)15-19)13-7-5-6-8-23(27)28/h9-12,14-16H,5-8,13H2,1-4H3/p+1. The van der Waals surface area contributed by atoms with E-state index in [9.17, 15) is 4.79 Å². The van der Waals surface area contributed by atoms with Crippen molar-refractivity contribution in [1.29, 1.82) is 0 Å². The number of benzene rings is 2. The van der Waals surface area contributed by atoms with Gasteiger partial charge in [-0.05, 0) is 43.2 Å². The maximum Gasteiger partial charge on any atom is 0.303 e. The Bertz CT molecular complexity index is 930. The third kappa shape index (κ3) is 4.35. The highest BCUT2D eigenvalue weighted by molar-refractivity contribution is 5.91. The number of pyridine rings is 1. The molecule has 5 nitrogen and oxygen atoms in total. The number of nitrogens with zero attached hydrogens (tertiary/aromatic N) is 3. The lowest BCUT2D eigenvalue weighted by atomic mass is 10.1. The van der Waals surface area contributed by atoms with Crippen LogP contribution in [-0.2, 0) is 11.3 Å². The van der Waals surface area contributed by atoms with Gasteiger partial charge >= 0.3 is 5.97 Å². The molecule has 1 N–H and O–H groups in total. The van der Waals surface area contributed by atoms with Gasteiger partial charge in [-0.1, -0.05) is 0 Å². The van der Waals surface area contributed by atoms with E-state index in [2.05, 4.69) is 85.0 Å². The number of fused-ring (bicyclic) bond motifs is 2. The summed E-state index contributed by atoms with van der Waals surface area (Å²) in [6.07, 6.45) is 2.85. The minimum atomic E-state index is -0.713. The number of aryl methyl sites for hydroxylation is 1. The van der Waals surface area contributed by atoms with Crippen molar-refractivity contribution in [2.45, 2.75) is 32.2 Å². The maximum atomic E-state index is 10.8. The number of aromatic nitrogens is 1. The van der Waals surface area contributed by atoms with Crippen LogP contribution in [0.25, 0.3) is 21.8 Å². The Labute approximate surface area is 166 Å². The zero-order chi connectivity index (χ0) is 20.3. The lowest BCUT2D eigenvalue weighted by molar-refractivity contribution is -0.645. The van der Waals surface area contributed by atoms with Crippen LogP contribution in [0.3, 0.4) is 0 Å². The smallest absolute Gasteiger partial charge is 0.303 e. The van der Waals surface area contributed by atoms with E-state index in [1.807, 2.05) is 0 Å². The van der Waals surface area contributed by atoms with E-state index in [1.165, 1.54) is 33.2 Å². The highest BCUT2D eigenvalue weighted by atomic mass is 16.4. The van der Waals surface area contributed by atoms with E-state index >= 15 is 0 Å². The van der Waals surface area contributed by atoms with Crippen molar-refractivity contribution in [3.05, 3.63) is 42.5 Å². The minimum absolute atomic E-state index is 0.247. The van der Waals surface area contributed by atoms with Crippen molar-refractivity contribution >= 4 is 39.1 Å².